The molecule has 9 nitrogen and oxygen atoms in total. The van der Waals surface area contributed by atoms with Crippen LogP contribution in [0, 0.1) is 32.9 Å². The first kappa shape index (κ1) is 16.2. The van der Waals surface area contributed by atoms with Gasteiger partial charge in [-0.3, -0.25) is 0 Å². The lowest BCUT2D eigenvalue weighted by molar-refractivity contribution is -0.725. The Morgan fingerprint density at radius 1 is 1.27 bits per heavy atom. The number of nitrogens with one attached hydrogen (secondary N) is 1. The summed E-state index contributed by atoms with van der Waals surface area (Å²) in [7, 11) is 0. The van der Waals surface area contributed by atoms with Crippen molar-refractivity contribution in [3.05, 3.63) is 46.6 Å². The third kappa shape index (κ3) is 2.50. The van der Waals surface area contributed by atoms with Gasteiger partial charge in [-0.05, 0) is 18.8 Å². The average Bonchev–Trinajstić information content (AvgIpc) is 3.34. The maximum absolute atomic E-state index is 12.5. The van der Waals surface area contributed by atoms with Gasteiger partial charge < -0.3 is 15.6 Å². The number of aromatic amines is 1. The van der Waals surface area contributed by atoms with E-state index in [1.165, 1.54) is 10.9 Å². The molecule has 0 amide bonds. The van der Waals surface area contributed by atoms with Gasteiger partial charge in [-0.2, -0.15) is 14.7 Å². The first-order valence-electron chi connectivity index (χ1n) is 8.61. The first-order valence-corrected chi connectivity index (χ1v) is 8.61. The van der Waals surface area contributed by atoms with Crippen LogP contribution in [0.5, 0.6) is 0 Å². The fourth-order valence-electron chi connectivity index (χ4n) is 4.04. The van der Waals surface area contributed by atoms with Crippen LogP contribution in [0.25, 0.3) is 22.3 Å². The second kappa shape index (κ2) is 6.22. The lowest BCUT2D eigenvalue weighted by Crippen LogP contribution is -2.42. The highest BCUT2D eigenvalue weighted by Gasteiger charge is 2.32. The Hall–Kier alpha value is -3.28. The van der Waals surface area contributed by atoms with Gasteiger partial charge in [0.15, 0.2) is 5.69 Å². The molecule has 4 rings (SSSR count). The molecule has 1 atom stereocenters. The second-order valence-corrected chi connectivity index (χ2v) is 6.73. The molecular weight excluding hydrogens is 336 g/mol. The molecule has 9 heteroatoms. The van der Waals surface area contributed by atoms with E-state index in [0.717, 1.165) is 32.0 Å². The number of nitrogens with zero attached hydrogens (tertiary/aromatic N) is 5. The van der Waals surface area contributed by atoms with Crippen molar-refractivity contribution in [1.29, 1.82) is 5.26 Å². The zero-order valence-electron chi connectivity index (χ0n) is 14.0. The van der Waals surface area contributed by atoms with E-state index in [1.54, 1.807) is 18.5 Å². The van der Waals surface area contributed by atoms with Crippen LogP contribution in [-0.2, 0) is 0 Å². The SMILES string of the molecule is N#CC[C@H](C1CCCC1)n1cc(-c2c3cc[nH]c3[n+]([O-])c[n+]2[O-])c[n+]1[O-]. The highest BCUT2D eigenvalue weighted by molar-refractivity contribution is 5.86. The Kier molecular flexibility index (Phi) is 3.88. The Morgan fingerprint density at radius 2 is 2.04 bits per heavy atom. The molecule has 3 aromatic heterocycles. The molecule has 1 aliphatic carbocycles. The van der Waals surface area contributed by atoms with Gasteiger partial charge in [-0.15, -0.1) is 4.68 Å². The van der Waals surface area contributed by atoms with Crippen LogP contribution in [0.4, 0.5) is 0 Å². The topological polar surface area (TPSA) is 125 Å². The number of rotatable bonds is 4. The molecule has 1 saturated carbocycles. The van der Waals surface area contributed by atoms with E-state index in [0.29, 0.717) is 25.3 Å². The summed E-state index contributed by atoms with van der Waals surface area (Å²) < 4.78 is 2.44. The molecule has 3 heterocycles. The van der Waals surface area contributed by atoms with Gasteiger partial charge in [0.25, 0.3) is 0 Å². The molecule has 0 unspecified atom stereocenters. The van der Waals surface area contributed by atoms with Gasteiger partial charge >= 0.3 is 12.0 Å². The predicted octanol–water partition coefficient (Wildman–Crippen LogP) is 1.18. The van der Waals surface area contributed by atoms with Gasteiger partial charge in [-0.1, -0.05) is 17.7 Å². The molecule has 0 saturated heterocycles. The standard InChI is InChI=1S/C17H18N6O3/c18-7-5-15(12-3-1-2-4-12)20-9-13(10-23(20)26)16-14-6-8-19-17(14)22(25)11-21(16)24/h6,8-12,15,19H,1-5H2/t15-/m1/s1. The van der Waals surface area contributed by atoms with Gasteiger partial charge in [-0.25, -0.2) is 4.98 Å². The lowest BCUT2D eigenvalue weighted by atomic mass is 9.96. The van der Waals surface area contributed by atoms with Crippen LogP contribution in [0.2, 0.25) is 0 Å². The second-order valence-electron chi connectivity index (χ2n) is 6.73. The van der Waals surface area contributed by atoms with Crippen LogP contribution in [0.15, 0.2) is 31.0 Å². The number of hydrogen-bond donors (Lipinski definition) is 1. The number of nitriles is 1. The number of hydrogen-bond acceptors (Lipinski definition) is 4. The van der Waals surface area contributed by atoms with Crippen molar-refractivity contribution in [3.63, 3.8) is 0 Å². The maximum Gasteiger partial charge on any atom is 0.356 e. The summed E-state index contributed by atoms with van der Waals surface area (Å²) >= 11 is 0. The van der Waals surface area contributed by atoms with E-state index in [4.69, 9.17) is 0 Å². The monoisotopic (exact) mass is 354 g/mol. The summed E-state index contributed by atoms with van der Waals surface area (Å²) in [5, 5.41) is 46.3. The summed E-state index contributed by atoms with van der Waals surface area (Å²) in [6, 6.07) is 3.58. The van der Waals surface area contributed by atoms with Crippen molar-refractivity contribution in [2.75, 3.05) is 0 Å². The van der Waals surface area contributed by atoms with Crippen molar-refractivity contribution in [2.24, 2.45) is 5.92 Å². The number of fused-ring (bicyclic) bond motifs is 1. The van der Waals surface area contributed by atoms with Crippen LogP contribution in [-0.4, -0.2) is 9.67 Å². The van der Waals surface area contributed by atoms with E-state index in [1.807, 2.05) is 0 Å². The number of H-pyrrole nitrogens is 1. The maximum atomic E-state index is 12.5. The molecule has 0 aliphatic heterocycles. The van der Waals surface area contributed by atoms with E-state index in [-0.39, 0.29) is 29.7 Å². The molecule has 26 heavy (non-hydrogen) atoms. The zero-order chi connectivity index (χ0) is 18.3. The quantitative estimate of drug-likeness (QED) is 0.558. The Labute approximate surface area is 149 Å². The zero-order valence-corrected chi connectivity index (χ0v) is 14.0. The summed E-state index contributed by atoms with van der Waals surface area (Å²) in [6.45, 7) is 0. The Balaban J connectivity index is 1.82. The van der Waals surface area contributed by atoms with Crippen molar-refractivity contribution in [1.82, 2.24) is 9.67 Å². The van der Waals surface area contributed by atoms with Crippen LogP contribution in [0.1, 0.15) is 38.1 Å². The predicted molar refractivity (Wildman–Crippen MR) is 89.8 cm³/mol. The van der Waals surface area contributed by atoms with Crippen molar-refractivity contribution in [2.45, 2.75) is 38.1 Å². The molecule has 0 aromatic carbocycles. The molecule has 1 fully saturated rings. The minimum atomic E-state index is -0.219. The minimum Gasteiger partial charge on any atom is -0.679 e. The highest BCUT2D eigenvalue weighted by atomic mass is 16.5. The molecule has 1 aliphatic rings. The van der Waals surface area contributed by atoms with Gasteiger partial charge in [0.05, 0.1) is 18.7 Å². The third-order valence-electron chi connectivity index (χ3n) is 5.24. The van der Waals surface area contributed by atoms with Gasteiger partial charge in [0, 0.05) is 6.07 Å². The highest BCUT2D eigenvalue weighted by Crippen LogP contribution is 2.36. The van der Waals surface area contributed by atoms with E-state index < -0.39 is 0 Å². The normalized spacial score (nSPS) is 16.1. The van der Waals surface area contributed by atoms with Crippen LogP contribution >= 0.6 is 0 Å². The van der Waals surface area contributed by atoms with E-state index in [2.05, 4.69) is 11.1 Å². The minimum absolute atomic E-state index is 0.219. The number of aromatic nitrogens is 5. The largest absolute Gasteiger partial charge is 0.679 e. The van der Waals surface area contributed by atoms with Crippen molar-refractivity contribution >= 4 is 11.0 Å². The lowest BCUT2D eigenvalue weighted by Gasteiger charge is -2.20. The molecule has 1 N–H and O–H groups in total. The summed E-state index contributed by atoms with van der Waals surface area (Å²) in [4.78, 5) is 3.48. The molecule has 0 spiro atoms. The Morgan fingerprint density at radius 3 is 2.77 bits per heavy atom. The molecule has 0 radical (unpaired) electrons. The van der Waals surface area contributed by atoms with Gasteiger partial charge in [0.1, 0.15) is 23.2 Å². The summed E-state index contributed by atoms with van der Waals surface area (Å²) in [6.07, 6.45) is 9.82. The fraction of sp³-hybridized carbons (Fsp3) is 0.412. The molecule has 0 bridgehead atoms. The third-order valence-corrected chi connectivity index (χ3v) is 5.24. The molecule has 3 aromatic rings. The van der Waals surface area contributed by atoms with E-state index in [9.17, 15) is 20.9 Å². The summed E-state index contributed by atoms with van der Waals surface area (Å²) in [5.41, 5.74) is 0.904. The first-order chi connectivity index (χ1) is 12.6. The van der Waals surface area contributed by atoms with Crippen LogP contribution < -0.4 is 14.3 Å². The van der Waals surface area contributed by atoms with Crippen molar-refractivity contribution < 1.29 is 14.3 Å². The molecular formula is C17H18N6O3. The van der Waals surface area contributed by atoms with Crippen molar-refractivity contribution in [3.8, 4) is 17.3 Å². The average molecular weight is 354 g/mol. The smallest absolute Gasteiger partial charge is 0.356 e. The Bertz CT molecular complexity index is 996. The molecule has 134 valence electrons. The van der Waals surface area contributed by atoms with Crippen LogP contribution in [0.3, 0.4) is 0 Å². The fourth-order valence-corrected chi connectivity index (χ4v) is 4.04. The van der Waals surface area contributed by atoms with Gasteiger partial charge in [0.2, 0.25) is 6.20 Å². The summed E-state index contributed by atoms with van der Waals surface area (Å²) in [5.74, 6) is 0.279. The van der Waals surface area contributed by atoms with E-state index >= 15 is 0 Å².